The molecule has 0 N–H and O–H groups in total. The summed E-state index contributed by atoms with van der Waals surface area (Å²) in [6, 6.07) is 0. The summed E-state index contributed by atoms with van der Waals surface area (Å²) >= 11 is 0. The summed E-state index contributed by atoms with van der Waals surface area (Å²) < 4.78 is 255. The SMILES string of the molecule is FC(F)(F)O[Si](OC(F)(F)F)(OC(F)(F)C(F)(F)C(F)(F)C(F)(F)F)C(F)(F)C(F)(F)F. The lowest BCUT2D eigenvalue weighted by atomic mass is 10.1. The number of alkyl halides is 20. The van der Waals surface area contributed by atoms with E-state index >= 15 is 0 Å². The molecule has 0 atom stereocenters. The molecule has 0 aliphatic rings. The maximum atomic E-state index is 13.3. The Balaban J connectivity index is 7.12. The van der Waals surface area contributed by atoms with E-state index in [2.05, 4.69) is 0 Å². The zero-order valence-electron chi connectivity index (χ0n) is 13.3. The van der Waals surface area contributed by atoms with Crippen LogP contribution in [0.15, 0.2) is 0 Å². The summed E-state index contributed by atoms with van der Waals surface area (Å²) in [4.78, 5) is 0. The second-order valence-corrected chi connectivity index (χ2v) is 7.34. The van der Waals surface area contributed by atoms with Crippen molar-refractivity contribution in [3.05, 3.63) is 0 Å². The van der Waals surface area contributed by atoms with Crippen LogP contribution >= 0.6 is 0 Å². The molecule has 0 aliphatic heterocycles. The molecule has 0 aromatic heterocycles. The number of halogens is 20. The molecular weight excluding hydrogens is 552 g/mol. The molecule has 0 heterocycles. The van der Waals surface area contributed by atoms with Gasteiger partial charge in [0.15, 0.2) is 0 Å². The first-order valence-corrected chi connectivity index (χ1v) is 7.98. The zero-order chi connectivity index (χ0) is 26.6. The van der Waals surface area contributed by atoms with E-state index in [9.17, 15) is 87.8 Å². The fourth-order valence-electron chi connectivity index (χ4n) is 1.33. The van der Waals surface area contributed by atoms with Gasteiger partial charge in [0.25, 0.3) is 0 Å². The Bertz CT molecular complexity index is 638. The van der Waals surface area contributed by atoms with Gasteiger partial charge in [0.05, 0.1) is 0 Å². The summed E-state index contributed by atoms with van der Waals surface area (Å²) in [6.07, 6.45) is -38.8. The van der Waals surface area contributed by atoms with Crippen LogP contribution in [0.2, 0.25) is 0 Å². The number of rotatable bonds is 7. The molecule has 0 aromatic carbocycles. The molecule has 0 amide bonds. The maximum Gasteiger partial charge on any atom is 0.603 e. The van der Waals surface area contributed by atoms with Crippen molar-refractivity contribution in [3.63, 3.8) is 0 Å². The van der Waals surface area contributed by atoms with Crippen LogP contribution in [0.5, 0.6) is 0 Å². The minimum absolute atomic E-state index is 1.44. The van der Waals surface area contributed by atoms with E-state index in [1.807, 2.05) is 0 Å². The molecule has 0 fully saturated rings. The Morgan fingerprint density at radius 2 is 0.688 bits per heavy atom. The molecule has 3 nitrogen and oxygen atoms in total. The van der Waals surface area contributed by atoms with Crippen LogP contribution in [0.4, 0.5) is 87.8 Å². The molecule has 0 aliphatic carbocycles. The number of hydrogen-bond donors (Lipinski definition) is 0. The number of hydrogen-bond acceptors (Lipinski definition) is 3. The van der Waals surface area contributed by atoms with Crippen LogP contribution in [-0.2, 0) is 13.3 Å². The molecule has 0 aromatic rings. The minimum Gasteiger partial charge on any atom is -0.304 e. The summed E-state index contributed by atoms with van der Waals surface area (Å²) in [7, 11) is -9.95. The highest BCUT2D eigenvalue weighted by Gasteiger charge is 2.90. The van der Waals surface area contributed by atoms with Gasteiger partial charge in [0, 0.05) is 0 Å². The van der Waals surface area contributed by atoms with Crippen molar-refractivity contribution in [3.8, 4) is 0 Å². The summed E-state index contributed by atoms with van der Waals surface area (Å²) in [5.41, 5.74) is -8.11. The first-order valence-electron chi connectivity index (χ1n) is 6.25. The lowest BCUT2D eigenvalue weighted by Gasteiger charge is -2.40. The van der Waals surface area contributed by atoms with Gasteiger partial charge in [0.2, 0.25) is 0 Å². The van der Waals surface area contributed by atoms with Crippen LogP contribution in [0.25, 0.3) is 0 Å². The molecule has 0 rings (SSSR count). The fourth-order valence-corrected chi connectivity index (χ4v) is 3.26. The van der Waals surface area contributed by atoms with Crippen molar-refractivity contribution < 1.29 is 101 Å². The predicted molar refractivity (Wildman–Crippen MR) is 53.0 cm³/mol. The van der Waals surface area contributed by atoms with Crippen molar-refractivity contribution >= 4 is 8.80 Å². The van der Waals surface area contributed by atoms with Crippen molar-refractivity contribution in [2.45, 2.75) is 48.6 Å². The monoisotopic (exact) mass is 552 g/mol. The quantitative estimate of drug-likeness (QED) is 0.279. The lowest BCUT2D eigenvalue weighted by molar-refractivity contribution is -0.447. The zero-order valence-corrected chi connectivity index (χ0v) is 14.3. The highest BCUT2D eigenvalue weighted by molar-refractivity contribution is 6.64. The van der Waals surface area contributed by atoms with Gasteiger partial charge in [-0.05, 0) is 0 Å². The van der Waals surface area contributed by atoms with Crippen LogP contribution in [0, 0.1) is 0 Å². The van der Waals surface area contributed by atoms with E-state index in [4.69, 9.17) is 0 Å². The molecule has 0 saturated heterocycles. The molecular formula is C8F20O3Si. The standard InChI is InChI=1S/C8F20O3Si/c9-1(10,3(13,14)15)2(11,12)5(19,20)29-32(30-7(23,24)25,31-8(26,27)28)6(21,22)4(16,17)18. The average molecular weight is 552 g/mol. The van der Waals surface area contributed by atoms with Crippen molar-refractivity contribution in [1.82, 2.24) is 0 Å². The Labute approximate surface area is 160 Å². The van der Waals surface area contributed by atoms with Gasteiger partial charge in [0.1, 0.15) is 0 Å². The molecule has 0 unspecified atom stereocenters. The summed E-state index contributed by atoms with van der Waals surface area (Å²) in [5.74, 6) is -16.6. The normalized spacial score (nSPS) is 16.5. The summed E-state index contributed by atoms with van der Waals surface area (Å²) in [6.45, 7) is 0. The van der Waals surface area contributed by atoms with Crippen molar-refractivity contribution in [2.75, 3.05) is 0 Å². The van der Waals surface area contributed by atoms with Gasteiger partial charge < -0.3 is 4.43 Å². The molecule has 194 valence electrons. The predicted octanol–water partition coefficient (Wildman–Crippen LogP) is 6.18. The van der Waals surface area contributed by atoms with E-state index in [1.54, 1.807) is 0 Å². The van der Waals surface area contributed by atoms with Gasteiger partial charge in [-0.2, -0.15) is 61.5 Å². The summed E-state index contributed by atoms with van der Waals surface area (Å²) in [5, 5.41) is 0. The van der Waals surface area contributed by atoms with Crippen LogP contribution in [-0.4, -0.2) is 57.4 Å². The van der Waals surface area contributed by atoms with Crippen molar-refractivity contribution in [2.24, 2.45) is 0 Å². The van der Waals surface area contributed by atoms with Gasteiger partial charge in [-0.1, -0.05) is 0 Å². The van der Waals surface area contributed by atoms with Crippen molar-refractivity contribution in [1.29, 1.82) is 0 Å². The van der Waals surface area contributed by atoms with Gasteiger partial charge >= 0.3 is 57.4 Å². The van der Waals surface area contributed by atoms with E-state index in [1.165, 1.54) is 13.3 Å². The van der Waals surface area contributed by atoms with Crippen LogP contribution in [0.1, 0.15) is 0 Å². The topological polar surface area (TPSA) is 27.7 Å². The average Bonchev–Trinajstić information content (AvgIpc) is 2.39. The smallest absolute Gasteiger partial charge is 0.304 e. The van der Waals surface area contributed by atoms with Gasteiger partial charge in [-0.15, -0.1) is 26.3 Å². The van der Waals surface area contributed by atoms with Gasteiger partial charge in [-0.3, -0.25) is 8.85 Å². The first-order chi connectivity index (χ1) is 13.4. The minimum atomic E-state index is -9.95. The Morgan fingerprint density at radius 3 is 0.906 bits per heavy atom. The molecule has 0 bridgehead atoms. The van der Waals surface area contributed by atoms with Crippen LogP contribution < -0.4 is 0 Å². The van der Waals surface area contributed by atoms with Crippen LogP contribution in [0.3, 0.4) is 0 Å². The van der Waals surface area contributed by atoms with E-state index in [0.29, 0.717) is 0 Å². The molecule has 32 heavy (non-hydrogen) atoms. The second-order valence-electron chi connectivity index (χ2n) is 4.99. The maximum absolute atomic E-state index is 13.3. The Hall–Kier alpha value is -1.30. The van der Waals surface area contributed by atoms with E-state index in [0.717, 1.165) is 0 Å². The highest BCUT2D eigenvalue weighted by Crippen LogP contribution is 2.57. The largest absolute Gasteiger partial charge is 0.603 e. The molecule has 0 saturated carbocycles. The first kappa shape index (κ1) is 30.7. The molecule has 0 radical (unpaired) electrons. The second kappa shape index (κ2) is 7.88. The highest BCUT2D eigenvalue weighted by atomic mass is 28.4. The third-order valence-electron chi connectivity index (χ3n) is 2.62. The molecule has 0 spiro atoms. The third-order valence-corrected chi connectivity index (χ3v) is 5.20. The van der Waals surface area contributed by atoms with Gasteiger partial charge in [-0.25, -0.2) is 0 Å². The third kappa shape index (κ3) is 5.78. The molecule has 24 heteroatoms. The Morgan fingerprint density at radius 1 is 0.375 bits per heavy atom. The van der Waals surface area contributed by atoms with E-state index < -0.39 is 57.4 Å². The van der Waals surface area contributed by atoms with E-state index in [-0.39, 0.29) is 0 Å². The lowest BCUT2D eigenvalue weighted by Crippen LogP contribution is -2.74. The fraction of sp³-hybridized carbons (Fsp3) is 1.00. The Kier molecular flexibility index (Phi) is 7.56.